The SMILES string of the molecule is CC1=CSC(c2nc(N)c(C#N)nc2-c2ccc3ncccc3c2)C#C1. The first-order chi connectivity index (χ1) is 12.7. The summed E-state index contributed by atoms with van der Waals surface area (Å²) in [7, 11) is 0. The van der Waals surface area contributed by atoms with Gasteiger partial charge in [0.25, 0.3) is 0 Å². The van der Waals surface area contributed by atoms with Gasteiger partial charge in [0.2, 0.25) is 0 Å². The highest BCUT2D eigenvalue weighted by molar-refractivity contribution is 8.02. The van der Waals surface area contributed by atoms with Gasteiger partial charge >= 0.3 is 0 Å². The Morgan fingerprint density at radius 2 is 2.15 bits per heavy atom. The Morgan fingerprint density at radius 1 is 1.27 bits per heavy atom. The minimum Gasteiger partial charge on any atom is -0.381 e. The lowest BCUT2D eigenvalue weighted by molar-refractivity contribution is 1.06. The smallest absolute Gasteiger partial charge is 0.183 e. The molecule has 0 saturated carbocycles. The molecule has 2 N–H and O–H groups in total. The highest BCUT2D eigenvalue weighted by atomic mass is 32.2. The maximum Gasteiger partial charge on any atom is 0.183 e. The quantitative estimate of drug-likeness (QED) is 0.703. The molecule has 0 fully saturated rings. The molecule has 1 aliphatic rings. The van der Waals surface area contributed by atoms with E-state index in [1.807, 2.05) is 48.7 Å². The number of anilines is 1. The average Bonchev–Trinajstić information content (AvgIpc) is 2.68. The van der Waals surface area contributed by atoms with E-state index in [0.29, 0.717) is 11.4 Å². The van der Waals surface area contributed by atoms with Crippen molar-refractivity contribution in [3.63, 3.8) is 0 Å². The molecule has 2 aromatic heterocycles. The standard InChI is InChI=1S/C20H13N5S/c1-12-4-7-17(26-11-12)19-18(24-16(10-21)20(22)25-19)14-5-6-15-13(9-14)3-2-8-23-15/h2-3,5-6,8-9,11,17H,1H3,(H2,22,25). The Labute approximate surface area is 155 Å². The molecule has 4 rings (SSSR count). The molecular formula is C20H13N5S. The van der Waals surface area contributed by atoms with Gasteiger partial charge in [0, 0.05) is 22.7 Å². The number of nitriles is 1. The molecule has 0 spiro atoms. The van der Waals surface area contributed by atoms with Crippen molar-refractivity contribution in [2.24, 2.45) is 0 Å². The van der Waals surface area contributed by atoms with Crippen LogP contribution in [0.4, 0.5) is 5.82 Å². The first-order valence-electron chi connectivity index (χ1n) is 7.92. The van der Waals surface area contributed by atoms with E-state index in [-0.39, 0.29) is 16.8 Å². The summed E-state index contributed by atoms with van der Waals surface area (Å²) >= 11 is 1.57. The van der Waals surface area contributed by atoms with Gasteiger partial charge in [-0.25, -0.2) is 9.97 Å². The fourth-order valence-electron chi connectivity index (χ4n) is 2.71. The Hall–Kier alpha value is -3.35. The zero-order chi connectivity index (χ0) is 18.1. The van der Waals surface area contributed by atoms with Crippen molar-refractivity contribution in [3.05, 3.63) is 58.9 Å². The Morgan fingerprint density at radius 3 is 2.92 bits per heavy atom. The first-order valence-corrected chi connectivity index (χ1v) is 8.86. The number of benzene rings is 1. The maximum atomic E-state index is 9.31. The van der Waals surface area contributed by atoms with Gasteiger partial charge in [0.05, 0.1) is 16.9 Å². The molecule has 1 aromatic carbocycles. The molecule has 0 radical (unpaired) electrons. The molecule has 1 unspecified atom stereocenters. The number of nitrogen functional groups attached to an aromatic ring is 1. The number of hydrogen-bond donors (Lipinski definition) is 1. The molecule has 26 heavy (non-hydrogen) atoms. The molecule has 0 bridgehead atoms. The number of allylic oxidation sites excluding steroid dienone is 1. The number of nitrogens with two attached hydrogens (primary N) is 1. The van der Waals surface area contributed by atoms with Crippen LogP contribution in [0.25, 0.3) is 22.2 Å². The van der Waals surface area contributed by atoms with Gasteiger partial charge in [-0.15, -0.1) is 11.8 Å². The molecule has 0 amide bonds. The molecule has 3 aromatic rings. The molecule has 0 saturated heterocycles. The molecule has 1 atom stereocenters. The Balaban J connectivity index is 1.92. The van der Waals surface area contributed by atoms with Crippen LogP contribution in [-0.2, 0) is 0 Å². The number of rotatable bonds is 2. The van der Waals surface area contributed by atoms with Crippen molar-refractivity contribution in [2.45, 2.75) is 12.2 Å². The van der Waals surface area contributed by atoms with E-state index in [0.717, 1.165) is 22.0 Å². The van der Waals surface area contributed by atoms with E-state index < -0.39 is 0 Å². The minimum absolute atomic E-state index is 0.121. The average molecular weight is 355 g/mol. The van der Waals surface area contributed by atoms with Crippen LogP contribution in [0.5, 0.6) is 0 Å². The van der Waals surface area contributed by atoms with Crippen LogP contribution < -0.4 is 5.73 Å². The van der Waals surface area contributed by atoms with Crippen LogP contribution in [0.15, 0.2) is 47.5 Å². The van der Waals surface area contributed by atoms with Crippen LogP contribution in [-0.4, -0.2) is 15.0 Å². The second kappa shape index (κ2) is 6.51. The topological polar surface area (TPSA) is 88.5 Å². The Kier molecular flexibility index (Phi) is 4.04. The summed E-state index contributed by atoms with van der Waals surface area (Å²) in [6.07, 6.45) is 1.76. The molecule has 0 aliphatic carbocycles. The monoisotopic (exact) mass is 355 g/mol. The van der Waals surface area contributed by atoms with Crippen molar-refractivity contribution >= 4 is 28.5 Å². The summed E-state index contributed by atoms with van der Waals surface area (Å²) in [6.45, 7) is 1.96. The molecule has 6 heteroatoms. The fourth-order valence-corrected chi connectivity index (χ4v) is 3.53. The Bertz CT molecular complexity index is 1160. The van der Waals surface area contributed by atoms with Crippen LogP contribution in [0.2, 0.25) is 0 Å². The van der Waals surface area contributed by atoms with Crippen LogP contribution >= 0.6 is 11.8 Å². The number of thioether (sulfide) groups is 1. The van der Waals surface area contributed by atoms with Gasteiger partial charge in [-0.05, 0) is 30.5 Å². The van der Waals surface area contributed by atoms with Gasteiger partial charge in [-0.1, -0.05) is 24.0 Å². The number of aromatic nitrogens is 3. The van der Waals surface area contributed by atoms with Gasteiger partial charge in [0.1, 0.15) is 11.3 Å². The number of pyridine rings is 1. The van der Waals surface area contributed by atoms with Gasteiger partial charge < -0.3 is 5.73 Å². The van der Waals surface area contributed by atoms with Gasteiger partial charge in [-0.3, -0.25) is 4.98 Å². The maximum absolute atomic E-state index is 9.31. The summed E-state index contributed by atoms with van der Waals surface area (Å²) in [6, 6.07) is 11.8. The van der Waals surface area contributed by atoms with Gasteiger partial charge in [-0.2, -0.15) is 5.26 Å². The largest absolute Gasteiger partial charge is 0.381 e. The van der Waals surface area contributed by atoms with Crippen molar-refractivity contribution in [1.29, 1.82) is 5.26 Å². The molecule has 3 heterocycles. The normalized spacial score (nSPS) is 15.7. The second-order valence-electron chi connectivity index (χ2n) is 5.80. The molecule has 124 valence electrons. The van der Waals surface area contributed by atoms with E-state index in [1.54, 1.807) is 18.0 Å². The summed E-state index contributed by atoms with van der Waals surface area (Å²) < 4.78 is 0. The number of nitrogens with zero attached hydrogens (tertiary/aromatic N) is 4. The third-order valence-electron chi connectivity index (χ3n) is 3.96. The van der Waals surface area contributed by atoms with Crippen molar-refractivity contribution in [2.75, 3.05) is 5.73 Å². The lowest BCUT2D eigenvalue weighted by Gasteiger charge is -2.16. The van der Waals surface area contributed by atoms with E-state index in [2.05, 4.69) is 26.8 Å². The second-order valence-corrected chi connectivity index (χ2v) is 6.78. The summed E-state index contributed by atoms with van der Waals surface area (Å²) in [5.74, 6) is 6.41. The lowest BCUT2D eigenvalue weighted by atomic mass is 10.0. The predicted molar refractivity (Wildman–Crippen MR) is 104 cm³/mol. The lowest BCUT2D eigenvalue weighted by Crippen LogP contribution is -2.08. The van der Waals surface area contributed by atoms with E-state index in [4.69, 9.17) is 5.73 Å². The van der Waals surface area contributed by atoms with E-state index >= 15 is 0 Å². The number of hydrogen-bond acceptors (Lipinski definition) is 6. The third kappa shape index (κ3) is 2.88. The highest BCUT2D eigenvalue weighted by Gasteiger charge is 2.22. The van der Waals surface area contributed by atoms with Crippen LogP contribution in [0.3, 0.4) is 0 Å². The van der Waals surface area contributed by atoms with Crippen molar-refractivity contribution in [3.8, 4) is 29.2 Å². The van der Waals surface area contributed by atoms with Crippen molar-refractivity contribution in [1.82, 2.24) is 15.0 Å². The number of fused-ring (bicyclic) bond motifs is 1. The zero-order valence-corrected chi connectivity index (χ0v) is 14.7. The first kappa shape index (κ1) is 16.1. The van der Waals surface area contributed by atoms with Crippen LogP contribution in [0, 0.1) is 23.2 Å². The van der Waals surface area contributed by atoms with Gasteiger partial charge in [0.15, 0.2) is 11.5 Å². The molecule has 5 nitrogen and oxygen atoms in total. The summed E-state index contributed by atoms with van der Waals surface area (Å²) in [5, 5.41) is 12.1. The zero-order valence-electron chi connectivity index (χ0n) is 13.9. The highest BCUT2D eigenvalue weighted by Crippen LogP contribution is 2.37. The van der Waals surface area contributed by atoms with E-state index in [9.17, 15) is 5.26 Å². The predicted octanol–water partition coefficient (Wildman–Crippen LogP) is 3.84. The fraction of sp³-hybridized carbons (Fsp3) is 0.100. The summed E-state index contributed by atoms with van der Waals surface area (Å²) in [5.41, 5.74) is 10.1. The minimum atomic E-state index is -0.180. The van der Waals surface area contributed by atoms with E-state index in [1.165, 1.54) is 0 Å². The molecular weight excluding hydrogens is 342 g/mol. The van der Waals surface area contributed by atoms with Crippen molar-refractivity contribution < 1.29 is 0 Å². The summed E-state index contributed by atoms with van der Waals surface area (Å²) in [4.78, 5) is 13.3. The van der Waals surface area contributed by atoms with Crippen LogP contribution in [0.1, 0.15) is 23.6 Å². The molecule has 1 aliphatic heterocycles. The third-order valence-corrected chi connectivity index (χ3v) is 5.06.